The Hall–Kier alpha value is -3.13. The van der Waals surface area contributed by atoms with E-state index in [1.54, 1.807) is 36.4 Å². The molecule has 6 nitrogen and oxygen atoms in total. The van der Waals surface area contributed by atoms with Gasteiger partial charge in [-0.2, -0.15) is 9.50 Å². The average Bonchev–Trinajstić information content (AvgIpc) is 3.52. The second-order valence-corrected chi connectivity index (χ2v) is 9.45. The number of thiazole rings is 1. The van der Waals surface area contributed by atoms with Gasteiger partial charge in [0.05, 0.1) is 11.6 Å². The van der Waals surface area contributed by atoms with Crippen molar-refractivity contribution in [3.8, 4) is 28.5 Å². The average molecular weight is 512 g/mol. The maximum atomic E-state index is 12.9. The second kappa shape index (κ2) is 9.62. The van der Waals surface area contributed by atoms with E-state index < -0.39 is 0 Å². The highest BCUT2D eigenvalue weighted by atomic mass is 35.5. The van der Waals surface area contributed by atoms with E-state index in [1.807, 2.05) is 24.3 Å². The van der Waals surface area contributed by atoms with Gasteiger partial charge in [0, 0.05) is 22.2 Å². The topological polar surface area (TPSA) is 69.6 Å². The largest absolute Gasteiger partial charge is 0.494 e. The summed E-state index contributed by atoms with van der Waals surface area (Å²) in [7, 11) is 0. The quantitative estimate of drug-likeness (QED) is 0.246. The predicted molar refractivity (Wildman–Crippen MR) is 136 cm³/mol. The van der Waals surface area contributed by atoms with Crippen LogP contribution in [0.15, 0.2) is 63.8 Å². The summed E-state index contributed by atoms with van der Waals surface area (Å²) in [5.41, 5.74) is 1.29. The summed E-state index contributed by atoms with van der Waals surface area (Å²) in [5.74, 6) is 2.41. The van der Waals surface area contributed by atoms with Crippen molar-refractivity contribution in [3.63, 3.8) is 0 Å². The molecule has 0 amide bonds. The molecular weight excluding hydrogens is 493 g/mol. The fraction of sp³-hybridized carbons (Fsp3) is 0.160. The van der Waals surface area contributed by atoms with Gasteiger partial charge in [-0.15, -0.1) is 5.10 Å². The molecule has 0 atom stereocenters. The second-order valence-electron chi connectivity index (χ2n) is 7.60. The predicted octanol–water partition coefficient (Wildman–Crippen LogP) is 6.11. The molecular formula is C25H19Cl2N3O3S. The minimum atomic E-state index is -0.249. The van der Waals surface area contributed by atoms with Gasteiger partial charge in [0.2, 0.25) is 4.96 Å². The van der Waals surface area contributed by atoms with E-state index in [2.05, 4.69) is 17.0 Å². The molecule has 3 heterocycles. The molecule has 0 radical (unpaired) electrons. The molecule has 5 rings (SSSR count). The molecule has 5 aromatic rings. The summed E-state index contributed by atoms with van der Waals surface area (Å²) in [4.78, 5) is 17.9. The van der Waals surface area contributed by atoms with Gasteiger partial charge in [0.25, 0.3) is 5.56 Å². The summed E-state index contributed by atoms with van der Waals surface area (Å²) >= 11 is 13.5. The van der Waals surface area contributed by atoms with E-state index in [1.165, 1.54) is 15.9 Å². The zero-order valence-corrected chi connectivity index (χ0v) is 20.5. The van der Waals surface area contributed by atoms with E-state index in [-0.39, 0.29) is 5.56 Å². The number of benzene rings is 2. The standard InChI is InChI=1S/C25H19Cl2N3O3S/c1-2-3-12-32-17-7-4-15(5-8-17)23-28-25-30(29-23)24(31)22(34-25)14-18-9-11-21(33-18)19-10-6-16(26)13-20(19)27/h4-11,13-14H,2-3,12H2,1H3/b22-14-. The van der Waals surface area contributed by atoms with Crippen molar-refractivity contribution in [2.24, 2.45) is 0 Å². The highest BCUT2D eigenvalue weighted by Crippen LogP contribution is 2.31. The number of aromatic nitrogens is 3. The Kier molecular flexibility index (Phi) is 6.41. The van der Waals surface area contributed by atoms with Gasteiger partial charge < -0.3 is 9.15 Å². The Morgan fingerprint density at radius 2 is 1.94 bits per heavy atom. The van der Waals surface area contributed by atoms with Crippen LogP contribution in [0.1, 0.15) is 25.5 Å². The van der Waals surface area contributed by atoms with Crippen LogP contribution < -0.4 is 14.8 Å². The van der Waals surface area contributed by atoms with Crippen LogP contribution in [0.25, 0.3) is 33.7 Å². The monoisotopic (exact) mass is 511 g/mol. The van der Waals surface area contributed by atoms with Gasteiger partial charge in [-0.1, -0.05) is 47.9 Å². The van der Waals surface area contributed by atoms with Crippen molar-refractivity contribution in [2.75, 3.05) is 6.61 Å². The van der Waals surface area contributed by atoms with Crippen LogP contribution in [-0.2, 0) is 0 Å². The number of hydrogen-bond donors (Lipinski definition) is 0. The Balaban J connectivity index is 1.40. The minimum absolute atomic E-state index is 0.249. The smallest absolute Gasteiger partial charge is 0.291 e. The van der Waals surface area contributed by atoms with Crippen LogP contribution in [0, 0.1) is 0 Å². The van der Waals surface area contributed by atoms with Gasteiger partial charge in [-0.3, -0.25) is 4.79 Å². The van der Waals surface area contributed by atoms with Crippen molar-refractivity contribution in [2.45, 2.75) is 19.8 Å². The minimum Gasteiger partial charge on any atom is -0.494 e. The van der Waals surface area contributed by atoms with Crippen LogP contribution in [0.5, 0.6) is 5.75 Å². The first-order valence-electron chi connectivity index (χ1n) is 10.7. The zero-order valence-electron chi connectivity index (χ0n) is 18.1. The van der Waals surface area contributed by atoms with Crippen LogP contribution in [0.4, 0.5) is 0 Å². The molecule has 0 saturated carbocycles. The first-order chi connectivity index (χ1) is 16.5. The summed E-state index contributed by atoms with van der Waals surface area (Å²) in [5, 5.41) is 5.44. The maximum absolute atomic E-state index is 12.9. The lowest BCUT2D eigenvalue weighted by Crippen LogP contribution is -2.23. The third-order valence-corrected chi connectivity index (χ3v) is 6.66. The van der Waals surface area contributed by atoms with Crippen molar-refractivity contribution in [3.05, 3.63) is 85.3 Å². The molecule has 0 fully saturated rings. The molecule has 0 aliphatic rings. The number of hydrogen-bond acceptors (Lipinski definition) is 6. The molecule has 0 N–H and O–H groups in total. The Bertz CT molecular complexity index is 1570. The first-order valence-corrected chi connectivity index (χ1v) is 12.3. The Morgan fingerprint density at radius 3 is 2.68 bits per heavy atom. The molecule has 9 heteroatoms. The Morgan fingerprint density at radius 1 is 1.12 bits per heavy atom. The number of halogens is 2. The van der Waals surface area contributed by atoms with Gasteiger partial charge in [0.1, 0.15) is 21.8 Å². The number of fused-ring (bicyclic) bond motifs is 1. The number of rotatable bonds is 7. The van der Waals surface area contributed by atoms with E-state index in [9.17, 15) is 4.79 Å². The van der Waals surface area contributed by atoms with Crippen LogP contribution in [-0.4, -0.2) is 21.2 Å². The highest BCUT2D eigenvalue weighted by Gasteiger charge is 2.13. The maximum Gasteiger partial charge on any atom is 0.291 e. The molecule has 0 unspecified atom stereocenters. The number of furan rings is 1. The van der Waals surface area contributed by atoms with Gasteiger partial charge in [-0.25, -0.2) is 0 Å². The molecule has 0 aliphatic carbocycles. The fourth-order valence-corrected chi connectivity index (χ4v) is 4.77. The molecule has 0 bridgehead atoms. The summed E-state index contributed by atoms with van der Waals surface area (Å²) in [6, 6.07) is 16.3. The normalized spacial score (nSPS) is 12.0. The van der Waals surface area contributed by atoms with Crippen molar-refractivity contribution in [1.29, 1.82) is 0 Å². The highest BCUT2D eigenvalue weighted by molar-refractivity contribution is 7.15. The number of nitrogens with zero attached hydrogens (tertiary/aromatic N) is 3. The Labute approximate surface area is 209 Å². The first kappa shape index (κ1) is 22.7. The van der Waals surface area contributed by atoms with Crippen molar-refractivity contribution < 1.29 is 9.15 Å². The van der Waals surface area contributed by atoms with E-state index in [0.29, 0.717) is 43.5 Å². The van der Waals surface area contributed by atoms with Crippen LogP contribution in [0.2, 0.25) is 10.0 Å². The van der Waals surface area contributed by atoms with Gasteiger partial charge in [0.15, 0.2) is 5.82 Å². The van der Waals surface area contributed by atoms with Crippen molar-refractivity contribution in [1.82, 2.24) is 14.6 Å². The lowest BCUT2D eigenvalue weighted by Gasteiger charge is -2.05. The van der Waals surface area contributed by atoms with E-state index in [0.717, 1.165) is 29.7 Å². The van der Waals surface area contributed by atoms with E-state index in [4.69, 9.17) is 32.4 Å². The SMILES string of the molecule is CCCCOc1ccc(-c2nc3s/c(=C\c4ccc(-c5ccc(Cl)cc5Cl)o4)c(=O)n3n2)cc1. The lowest BCUT2D eigenvalue weighted by molar-refractivity contribution is 0.309. The molecule has 34 heavy (non-hydrogen) atoms. The van der Waals surface area contributed by atoms with Crippen molar-refractivity contribution >= 4 is 45.6 Å². The summed E-state index contributed by atoms with van der Waals surface area (Å²) in [6.07, 6.45) is 3.78. The van der Waals surface area contributed by atoms with E-state index >= 15 is 0 Å². The lowest BCUT2D eigenvalue weighted by atomic mass is 10.2. The molecule has 2 aromatic carbocycles. The molecule has 172 valence electrons. The van der Waals surface area contributed by atoms with Crippen LogP contribution >= 0.6 is 34.5 Å². The summed E-state index contributed by atoms with van der Waals surface area (Å²) in [6.45, 7) is 2.82. The molecule has 3 aromatic heterocycles. The fourth-order valence-electron chi connectivity index (χ4n) is 3.38. The zero-order chi connectivity index (χ0) is 23.7. The summed E-state index contributed by atoms with van der Waals surface area (Å²) < 4.78 is 13.4. The molecule has 0 saturated heterocycles. The molecule has 0 aliphatic heterocycles. The third kappa shape index (κ3) is 4.59. The molecule has 0 spiro atoms. The van der Waals surface area contributed by atoms with Gasteiger partial charge >= 0.3 is 0 Å². The van der Waals surface area contributed by atoms with Gasteiger partial charge in [-0.05, 0) is 61.0 Å². The number of unbranched alkanes of at least 4 members (excludes halogenated alkanes) is 1. The van der Waals surface area contributed by atoms with Crippen LogP contribution in [0.3, 0.4) is 0 Å². The number of ether oxygens (including phenoxy) is 1. The third-order valence-electron chi connectivity index (χ3n) is 5.16.